The fraction of sp³-hybridized carbons (Fsp3) is 0.467. The Morgan fingerprint density at radius 1 is 1.14 bits per heavy atom. The second-order valence-corrected chi connectivity index (χ2v) is 4.90. The van der Waals surface area contributed by atoms with Gasteiger partial charge in [-0.05, 0) is 37.0 Å². The van der Waals surface area contributed by atoms with Crippen molar-refractivity contribution in [2.24, 2.45) is 0 Å². The average molecular weight is 294 g/mol. The van der Waals surface area contributed by atoms with Crippen LogP contribution in [0.5, 0.6) is 0 Å². The predicted octanol–water partition coefficient (Wildman–Crippen LogP) is 1.94. The smallest absolute Gasteiger partial charge is 0.321 e. The van der Waals surface area contributed by atoms with E-state index in [1.807, 2.05) is 0 Å². The number of unbranched alkanes of at least 4 members (excludes halogenated alkanes) is 2. The Bertz CT molecular complexity index is 459. The van der Waals surface area contributed by atoms with Crippen LogP contribution in [-0.4, -0.2) is 47.3 Å². The van der Waals surface area contributed by atoms with Crippen molar-refractivity contribution in [1.82, 2.24) is 4.90 Å². The molecule has 0 radical (unpaired) electrons. The van der Waals surface area contributed by atoms with Gasteiger partial charge in [0, 0.05) is 25.9 Å². The SMILES string of the molecule is CN(CCCCCO)C(=O)Nc1ccc(CC(=O)O)cc1. The number of carboxylic acid groups (broad SMARTS) is 1. The molecule has 0 heterocycles. The Morgan fingerprint density at radius 3 is 2.38 bits per heavy atom. The molecule has 0 fully saturated rings. The third-order valence-corrected chi connectivity index (χ3v) is 3.06. The van der Waals surface area contributed by atoms with Gasteiger partial charge in [0.25, 0.3) is 0 Å². The first-order valence-corrected chi connectivity index (χ1v) is 6.96. The zero-order valence-corrected chi connectivity index (χ0v) is 12.2. The topological polar surface area (TPSA) is 89.9 Å². The van der Waals surface area contributed by atoms with E-state index in [1.165, 1.54) is 0 Å². The van der Waals surface area contributed by atoms with E-state index in [0.29, 0.717) is 17.8 Å². The first-order chi connectivity index (χ1) is 10.0. The fourth-order valence-corrected chi connectivity index (χ4v) is 1.84. The van der Waals surface area contributed by atoms with E-state index in [0.717, 1.165) is 19.3 Å². The van der Waals surface area contributed by atoms with Gasteiger partial charge in [0.15, 0.2) is 0 Å². The summed E-state index contributed by atoms with van der Waals surface area (Å²) in [5.41, 5.74) is 1.33. The highest BCUT2D eigenvalue weighted by Crippen LogP contribution is 2.11. The van der Waals surface area contributed by atoms with Crippen molar-refractivity contribution in [2.45, 2.75) is 25.7 Å². The molecule has 2 amide bonds. The number of aliphatic carboxylic acids is 1. The molecule has 6 heteroatoms. The van der Waals surface area contributed by atoms with Crippen molar-refractivity contribution in [2.75, 3.05) is 25.5 Å². The Labute approximate surface area is 124 Å². The Kier molecular flexibility index (Phi) is 7.25. The molecule has 0 aliphatic heterocycles. The van der Waals surface area contributed by atoms with E-state index in [4.69, 9.17) is 10.2 Å². The van der Waals surface area contributed by atoms with E-state index >= 15 is 0 Å². The molecule has 116 valence electrons. The Morgan fingerprint density at radius 2 is 1.81 bits per heavy atom. The number of rotatable bonds is 8. The van der Waals surface area contributed by atoms with Crippen LogP contribution in [0.4, 0.5) is 10.5 Å². The largest absolute Gasteiger partial charge is 0.481 e. The zero-order valence-electron chi connectivity index (χ0n) is 12.2. The summed E-state index contributed by atoms with van der Waals surface area (Å²) in [6.07, 6.45) is 2.46. The molecule has 1 aromatic carbocycles. The molecule has 0 unspecified atom stereocenters. The molecule has 0 aliphatic rings. The quantitative estimate of drug-likeness (QED) is 0.639. The van der Waals surface area contributed by atoms with Crippen molar-refractivity contribution in [3.05, 3.63) is 29.8 Å². The van der Waals surface area contributed by atoms with Gasteiger partial charge >= 0.3 is 12.0 Å². The number of aliphatic hydroxyl groups is 1. The number of benzene rings is 1. The summed E-state index contributed by atoms with van der Waals surface area (Å²) in [6.45, 7) is 0.807. The van der Waals surface area contributed by atoms with Crippen molar-refractivity contribution in [3.8, 4) is 0 Å². The number of anilines is 1. The van der Waals surface area contributed by atoms with Crippen molar-refractivity contribution in [1.29, 1.82) is 0 Å². The lowest BCUT2D eigenvalue weighted by Crippen LogP contribution is -2.32. The second kappa shape index (κ2) is 8.97. The van der Waals surface area contributed by atoms with Gasteiger partial charge in [0.2, 0.25) is 0 Å². The van der Waals surface area contributed by atoms with Gasteiger partial charge in [0.1, 0.15) is 0 Å². The molecule has 0 saturated heterocycles. The second-order valence-electron chi connectivity index (χ2n) is 4.90. The Balaban J connectivity index is 2.41. The monoisotopic (exact) mass is 294 g/mol. The number of carbonyl (C=O) groups excluding carboxylic acids is 1. The minimum atomic E-state index is -0.880. The molecule has 3 N–H and O–H groups in total. The molecule has 0 bridgehead atoms. The summed E-state index contributed by atoms with van der Waals surface area (Å²) in [5.74, 6) is -0.880. The highest BCUT2D eigenvalue weighted by atomic mass is 16.4. The molecule has 0 atom stereocenters. The maximum Gasteiger partial charge on any atom is 0.321 e. The molecule has 6 nitrogen and oxygen atoms in total. The molecular formula is C15H22N2O4. The van der Waals surface area contributed by atoms with Gasteiger partial charge in [-0.2, -0.15) is 0 Å². The van der Waals surface area contributed by atoms with Crippen LogP contribution in [0.15, 0.2) is 24.3 Å². The first-order valence-electron chi connectivity index (χ1n) is 6.96. The van der Waals surface area contributed by atoms with Crippen LogP contribution in [0.1, 0.15) is 24.8 Å². The molecule has 0 spiro atoms. The van der Waals surface area contributed by atoms with Crippen LogP contribution in [0.2, 0.25) is 0 Å². The lowest BCUT2D eigenvalue weighted by atomic mass is 10.1. The summed E-state index contributed by atoms with van der Waals surface area (Å²) < 4.78 is 0. The van der Waals surface area contributed by atoms with Crippen LogP contribution in [-0.2, 0) is 11.2 Å². The molecular weight excluding hydrogens is 272 g/mol. The zero-order chi connectivity index (χ0) is 15.7. The Hall–Kier alpha value is -2.08. The number of urea groups is 1. The van der Waals surface area contributed by atoms with Crippen LogP contribution >= 0.6 is 0 Å². The normalized spacial score (nSPS) is 10.2. The summed E-state index contributed by atoms with van der Waals surface area (Å²) in [5, 5.41) is 20.1. The number of carbonyl (C=O) groups is 2. The molecule has 0 saturated carbocycles. The minimum absolute atomic E-state index is 0.0288. The highest BCUT2D eigenvalue weighted by Gasteiger charge is 2.08. The summed E-state index contributed by atoms with van der Waals surface area (Å²) in [4.78, 5) is 24.1. The van der Waals surface area contributed by atoms with Gasteiger partial charge in [-0.1, -0.05) is 12.1 Å². The number of carboxylic acids is 1. The average Bonchev–Trinajstić information content (AvgIpc) is 2.45. The van der Waals surface area contributed by atoms with Gasteiger partial charge in [-0.15, -0.1) is 0 Å². The van der Waals surface area contributed by atoms with Crippen molar-refractivity contribution in [3.63, 3.8) is 0 Å². The maximum absolute atomic E-state index is 11.9. The predicted molar refractivity (Wildman–Crippen MR) is 80.4 cm³/mol. The lowest BCUT2D eigenvalue weighted by Gasteiger charge is -2.18. The maximum atomic E-state index is 11.9. The van der Waals surface area contributed by atoms with Crippen LogP contribution in [0.3, 0.4) is 0 Å². The summed E-state index contributed by atoms with van der Waals surface area (Å²) in [6, 6.07) is 6.55. The third-order valence-electron chi connectivity index (χ3n) is 3.06. The van der Waals surface area contributed by atoms with Crippen LogP contribution in [0, 0.1) is 0 Å². The van der Waals surface area contributed by atoms with E-state index in [-0.39, 0.29) is 19.1 Å². The fourth-order valence-electron chi connectivity index (χ4n) is 1.84. The standard InChI is InChI=1S/C15H22N2O4/c1-17(9-3-2-4-10-18)15(21)16-13-7-5-12(6-8-13)11-14(19)20/h5-8,18H,2-4,9-11H2,1H3,(H,16,21)(H,19,20). The number of nitrogens with zero attached hydrogens (tertiary/aromatic N) is 1. The van der Waals surface area contributed by atoms with Gasteiger partial charge < -0.3 is 20.4 Å². The van der Waals surface area contributed by atoms with E-state index in [1.54, 1.807) is 36.2 Å². The van der Waals surface area contributed by atoms with E-state index in [9.17, 15) is 9.59 Å². The minimum Gasteiger partial charge on any atom is -0.481 e. The number of aliphatic hydroxyl groups excluding tert-OH is 1. The third kappa shape index (κ3) is 6.76. The van der Waals surface area contributed by atoms with Crippen LogP contribution in [0.25, 0.3) is 0 Å². The number of hydrogen-bond donors (Lipinski definition) is 3. The van der Waals surface area contributed by atoms with Gasteiger partial charge in [-0.25, -0.2) is 4.79 Å². The molecule has 0 aliphatic carbocycles. The lowest BCUT2D eigenvalue weighted by molar-refractivity contribution is -0.136. The number of hydrogen-bond acceptors (Lipinski definition) is 3. The van der Waals surface area contributed by atoms with Crippen molar-refractivity contribution < 1.29 is 19.8 Å². The molecule has 0 aromatic heterocycles. The van der Waals surface area contributed by atoms with Gasteiger partial charge in [-0.3, -0.25) is 4.79 Å². The van der Waals surface area contributed by atoms with E-state index < -0.39 is 5.97 Å². The molecule has 1 rings (SSSR count). The number of nitrogens with one attached hydrogen (secondary N) is 1. The highest BCUT2D eigenvalue weighted by molar-refractivity contribution is 5.89. The summed E-state index contributed by atoms with van der Waals surface area (Å²) >= 11 is 0. The van der Waals surface area contributed by atoms with Crippen LogP contribution < -0.4 is 5.32 Å². The number of amides is 2. The molecule has 1 aromatic rings. The van der Waals surface area contributed by atoms with Crippen molar-refractivity contribution >= 4 is 17.7 Å². The summed E-state index contributed by atoms with van der Waals surface area (Å²) in [7, 11) is 1.72. The molecule has 21 heavy (non-hydrogen) atoms. The first kappa shape index (κ1) is 17.0. The van der Waals surface area contributed by atoms with Gasteiger partial charge in [0.05, 0.1) is 6.42 Å². The van der Waals surface area contributed by atoms with E-state index in [2.05, 4.69) is 5.32 Å².